The van der Waals surface area contributed by atoms with Gasteiger partial charge in [0.25, 0.3) is 0 Å². The molecule has 0 fully saturated rings. The van der Waals surface area contributed by atoms with Gasteiger partial charge in [0.15, 0.2) is 0 Å². The zero-order chi connectivity index (χ0) is 11.7. The quantitative estimate of drug-likeness (QED) is 0.593. The number of hydrogen-bond donors (Lipinski definition) is 2. The van der Waals surface area contributed by atoms with Crippen LogP contribution >= 0.6 is 49.7 Å². The molecule has 0 aromatic carbocycles. The third-order valence-electron chi connectivity index (χ3n) is 0.673. The van der Waals surface area contributed by atoms with Gasteiger partial charge in [0.2, 0.25) is 8.77 Å². The number of thiocarbonyl (C=S) groups is 2. The van der Waals surface area contributed by atoms with Crippen LogP contribution in [0.2, 0.25) is 0 Å². The Morgan fingerprint density at radius 3 is 1.07 bits per heavy atom. The Labute approximate surface area is 108 Å². The van der Waals surface area contributed by atoms with Crippen LogP contribution in [0.5, 0.6) is 0 Å². The van der Waals surface area contributed by atoms with Crippen LogP contribution in [0.4, 0.5) is 0 Å². The first-order valence-corrected chi connectivity index (χ1v) is 5.76. The summed E-state index contributed by atoms with van der Waals surface area (Å²) in [6.45, 7) is 7.62. The number of ether oxygens (including phenoxy) is 2. The van der Waals surface area contributed by atoms with E-state index in [9.17, 15) is 0 Å². The molecule has 0 radical (unpaired) electrons. The molecule has 84 valence electrons. The van der Waals surface area contributed by atoms with Crippen molar-refractivity contribution in [3.8, 4) is 0 Å². The number of hydrogen-bond acceptors (Lipinski definition) is 4. The molecule has 0 N–H and O–H groups in total. The molecule has 0 aromatic rings. The lowest BCUT2D eigenvalue weighted by Gasteiger charge is -2.03. The minimum atomic E-state index is 0.157. The molecule has 0 aliphatic rings. The first-order valence-electron chi connectivity index (χ1n) is 4.04. The normalized spacial score (nSPS) is 9.14. The van der Waals surface area contributed by atoms with E-state index in [-0.39, 0.29) is 12.2 Å². The van der Waals surface area contributed by atoms with Crippen LogP contribution in [0.15, 0.2) is 0 Å². The van der Waals surface area contributed by atoms with Crippen molar-refractivity contribution in [1.82, 2.24) is 0 Å². The summed E-state index contributed by atoms with van der Waals surface area (Å²) in [5.74, 6) is 0. The van der Waals surface area contributed by atoms with Crippen molar-refractivity contribution in [3.63, 3.8) is 0 Å². The standard InChI is InChI=1S/2C4H8OS2/c2*1-3(2)5-4(6)7/h2*3H,1-2H3,(H,6,7). The summed E-state index contributed by atoms with van der Waals surface area (Å²) in [5, 5.41) is 0. The van der Waals surface area contributed by atoms with E-state index in [1.54, 1.807) is 0 Å². The molecular weight excluding hydrogens is 256 g/mol. The molecule has 0 aliphatic heterocycles. The third kappa shape index (κ3) is 22.9. The molecule has 0 aromatic heterocycles. The van der Waals surface area contributed by atoms with Crippen molar-refractivity contribution >= 4 is 58.5 Å². The Balaban J connectivity index is 0. The molecule has 0 aliphatic carbocycles. The van der Waals surface area contributed by atoms with Crippen LogP contribution in [0.3, 0.4) is 0 Å². The van der Waals surface area contributed by atoms with E-state index < -0.39 is 0 Å². The molecule has 0 saturated heterocycles. The maximum absolute atomic E-state index is 4.85. The zero-order valence-electron chi connectivity index (χ0n) is 8.68. The summed E-state index contributed by atoms with van der Waals surface area (Å²) in [4.78, 5) is 0. The molecule has 0 rings (SSSR count). The van der Waals surface area contributed by atoms with Gasteiger partial charge in [0.05, 0.1) is 12.2 Å². The summed E-state index contributed by atoms with van der Waals surface area (Å²) >= 11 is 16.5. The van der Waals surface area contributed by atoms with Gasteiger partial charge in [0, 0.05) is 0 Å². The van der Waals surface area contributed by atoms with Gasteiger partial charge in [-0.3, -0.25) is 0 Å². The Morgan fingerprint density at radius 1 is 0.857 bits per heavy atom. The van der Waals surface area contributed by atoms with Gasteiger partial charge in [-0.1, -0.05) is 25.3 Å². The fourth-order valence-corrected chi connectivity index (χ4v) is 1.21. The largest absolute Gasteiger partial charge is 0.476 e. The summed E-state index contributed by atoms with van der Waals surface area (Å²) in [5.41, 5.74) is 0. The van der Waals surface area contributed by atoms with Gasteiger partial charge >= 0.3 is 0 Å². The summed E-state index contributed by atoms with van der Waals surface area (Å²) in [7, 11) is 0. The Hall–Kier alpha value is 0.480. The molecule has 0 bridgehead atoms. The smallest absolute Gasteiger partial charge is 0.217 e. The highest BCUT2D eigenvalue weighted by molar-refractivity contribution is 8.10. The molecule has 0 saturated carbocycles. The van der Waals surface area contributed by atoms with Crippen LogP contribution in [-0.2, 0) is 9.47 Å². The van der Waals surface area contributed by atoms with Crippen LogP contribution < -0.4 is 0 Å². The summed E-state index contributed by atoms with van der Waals surface area (Å²) in [6, 6.07) is 0. The SMILES string of the molecule is CC(C)OC(=S)S.CC(C)OC(=S)S. The molecular formula is C8H16O2S4. The lowest BCUT2D eigenvalue weighted by molar-refractivity contribution is 0.243. The summed E-state index contributed by atoms with van der Waals surface area (Å²) in [6.07, 6.45) is 0.315. The Kier molecular flexibility index (Phi) is 12.1. The first-order chi connectivity index (χ1) is 6.25. The Morgan fingerprint density at radius 2 is 1.07 bits per heavy atom. The fourth-order valence-electron chi connectivity index (χ4n) is 0.403. The van der Waals surface area contributed by atoms with Crippen molar-refractivity contribution in [2.45, 2.75) is 39.9 Å². The predicted octanol–water partition coefficient (Wildman–Crippen LogP) is 3.25. The fraction of sp³-hybridized carbons (Fsp3) is 0.750. The topological polar surface area (TPSA) is 18.5 Å². The van der Waals surface area contributed by atoms with E-state index in [0.29, 0.717) is 8.77 Å². The molecule has 14 heavy (non-hydrogen) atoms. The third-order valence-corrected chi connectivity index (χ3v) is 1.08. The van der Waals surface area contributed by atoms with Crippen molar-refractivity contribution < 1.29 is 9.47 Å². The number of rotatable bonds is 2. The molecule has 0 unspecified atom stereocenters. The minimum Gasteiger partial charge on any atom is -0.476 e. The molecule has 0 atom stereocenters. The van der Waals surface area contributed by atoms with Crippen molar-refractivity contribution in [1.29, 1.82) is 0 Å². The monoisotopic (exact) mass is 272 g/mol. The van der Waals surface area contributed by atoms with E-state index in [2.05, 4.69) is 49.7 Å². The van der Waals surface area contributed by atoms with Crippen LogP contribution in [0.1, 0.15) is 27.7 Å². The van der Waals surface area contributed by atoms with Crippen molar-refractivity contribution in [3.05, 3.63) is 0 Å². The average Bonchev–Trinajstić information content (AvgIpc) is 1.79. The predicted molar refractivity (Wildman–Crippen MR) is 75.6 cm³/mol. The van der Waals surface area contributed by atoms with E-state index in [4.69, 9.17) is 9.47 Å². The maximum Gasteiger partial charge on any atom is 0.217 e. The van der Waals surface area contributed by atoms with Gasteiger partial charge in [-0.05, 0) is 52.1 Å². The minimum absolute atomic E-state index is 0.157. The Bertz CT molecular complexity index is 160. The highest BCUT2D eigenvalue weighted by Crippen LogP contribution is 1.93. The van der Waals surface area contributed by atoms with Gasteiger partial charge < -0.3 is 9.47 Å². The van der Waals surface area contributed by atoms with E-state index in [1.165, 1.54) is 0 Å². The highest BCUT2D eigenvalue weighted by atomic mass is 32.1. The summed E-state index contributed by atoms with van der Waals surface area (Å²) < 4.78 is 10.3. The lowest BCUT2D eigenvalue weighted by atomic mass is 10.5. The van der Waals surface area contributed by atoms with Crippen LogP contribution in [0.25, 0.3) is 0 Å². The maximum atomic E-state index is 4.85. The molecule has 0 spiro atoms. The van der Waals surface area contributed by atoms with Gasteiger partial charge in [0.1, 0.15) is 0 Å². The average molecular weight is 272 g/mol. The molecule has 0 heterocycles. The first kappa shape index (κ1) is 16.9. The zero-order valence-corrected chi connectivity index (χ0v) is 12.1. The lowest BCUT2D eigenvalue weighted by Crippen LogP contribution is -2.02. The molecule has 6 heteroatoms. The van der Waals surface area contributed by atoms with E-state index in [1.807, 2.05) is 27.7 Å². The van der Waals surface area contributed by atoms with Gasteiger partial charge in [-0.25, -0.2) is 0 Å². The van der Waals surface area contributed by atoms with E-state index in [0.717, 1.165) is 0 Å². The second-order valence-corrected chi connectivity index (χ2v) is 5.02. The van der Waals surface area contributed by atoms with Crippen LogP contribution in [-0.4, -0.2) is 21.0 Å². The van der Waals surface area contributed by atoms with Gasteiger partial charge in [-0.15, -0.1) is 0 Å². The second kappa shape index (κ2) is 10.0. The van der Waals surface area contributed by atoms with Crippen molar-refractivity contribution in [2.24, 2.45) is 0 Å². The number of thiol groups is 2. The molecule has 0 amide bonds. The van der Waals surface area contributed by atoms with Crippen molar-refractivity contribution in [2.75, 3.05) is 0 Å². The highest BCUT2D eigenvalue weighted by Gasteiger charge is 1.91. The van der Waals surface area contributed by atoms with Crippen LogP contribution in [0, 0.1) is 0 Å². The van der Waals surface area contributed by atoms with Gasteiger partial charge in [-0.2, -0.15) is 0 Å². The van der Waals surface area contributed by atoms with E-state index >= 15 is 0 Å². The molecule has 2 nitrogen and oxygen atoms in total. The second-order valence-electron chi connectivity index (χ2n) is 2.87.